The summed E-state index contributed by atoms with van der Waals surface area (Å²) in [5.74, 6) is 0.277. The van der Waals surface area contributed by atoms with Gasteiger partial charge in [0.25, 0.3) is 0 Å². The lowest BCUT2D eigenvalue weighted by Crippen LogP contribution is -2.18. The Labute approximate surface area is 137 Å². The lowest BCUT2D eigenvalue weighted by molar-refractivity contribution is -0.186. The van der Waals surface area contributed by atoms with E-state index in [9.17, 15) is 4.39 Å². The molecule has 1 fully saturated rings. The summed E-state index contributed by atoms with van der Waals surface area (Å²) in [5.41, 5.74) is 2.86. The Bertz CT molecular complexity index is 814. The second-order valence-electron chi connectivity index (χ2n) is 5.37. The number of hydrogen-bond acceptors (Lipinski definition) is 5. The predicted octanol–water partition coefficient (Wildman–Crippen LogP) is 3.11. The van der Waals surface area contributed by atoms with E-state index in [1.54, 1.807) is 24.4 Å². The smallest absolute Gasteiger partial charge is 0.217 e. The molecule has 24 heavy (non-hydrogen) atoms. The highest BCUT2D eigenvalue weighted by molar-refractivity contribution is 5.76. The Hall–Kier alpha value is -2.64. The number of imidazole rings is 1. The zero-order chi connectivity index (χ0) is 16.4. The predicted molar refractivity (Wildman–Crippen MR) is 84.3 cm³/mol. The van der Waals surface area contributed by atoms with Crippen LogP contribution in [-0.4, -0.2) is 33.1 Å². The van der Waals surface area contributed by atoms with Crippen molar-refractivity contribution in [1.29, 1.82) is 0 Å². The minimum Gasteiger partial charge on any atom is -0.346 e. The van der Waals surface area contributed by atoms with E-state index in [0.717, 1.165) is 17.7 Å². The highest BCUT2D eigenvalue weighted by Gasteiger charge is 2.24. The van der Waals surface area contributed by atoms with E-state index in [0.29, 0.717) is 30.4 Å². The molecule has 0 radical (unpaired) electrons. The average molecular weight is 326 g/mol. The molecule has 3 aromatic rings. The molecular formula is C17H15FN4O2. The Kier molecular flexibility index (Phi) is 4.02. The number of H-pyrrole nitrogens is 1. The van der Waals surface area contributed by atoms with Crippen molar-refractivity contribution in [2.45, 2.75) is 12.7 Å². The maximum Gasteiger partial charge on any atom is 0.217 e. The average Bonchev–Trinajstić information content (AvgIpc) is 3.09. The van der Waals surface area contributed by atoms with Gasteiger partial charge in [-0.05, 0) is 36.8 Å². The first-order valence-electron chi connectivity index (χ1n) is 7.67. The van der Waals surface area contributed by atoms with Crippen LogP contribution in [0.1, 0.15) is 18.5 Å². The monoisotopic (exact) mass is 326 g/mol. The standard InChI is InChI=1S/C17H15FN4O2/c18-12-4-2-11(3-5-12)14-15(13-6-7-19-10-20-13)22-16(21-14)17-23-8-1-9-24-17/h2-7,10,17H,1,8-9H2,(H,21,22). The molecule has 7 heteroatoms. The van der Waals surface area contributed by atoms with Gasteiger partial charge in [0, 0.05) is 11.8 Å². The Morgan fingerprint density at radius 1 is 1.08 bits per heavy atom. The van der Waals surface area contributed by atoms with Crippen LogP contribution in [-0.2, 0) is 9.47 Å². The van der Waals surface area contributed by atoms with Gasteiger partial charge >= 0.3 is 0 Å². The van der Waals surface area contributed by atoms with Crippen LogP contribution in [0, 0.1) is 5.82 Å². The van der Waals surface area contributed by atoms with Crippen molar-refractivity contribution in [3.05, 3.63) is 54.5 Å². The number of aromatic nitrogens is 4. The third-order valence-electron chi connectivity index (χ3n) is 3.73. The largest absolute Gasteiger partial charge is 0.346 e. The van der Waals surface area contributed by atoms with Gasteiger partial charge in [-0.1, -0.05) is 0 Å². The first-order valence-corrected chi connectivity index (χ1v) is 7.67. The number of rotatable bonds is 3. The number of aromatic amines is 1. The molecule has 3 heterocycles. The second-order valence-corrected chi connectivity index (χ2v) is 5.37. The summed E-state index contributed by atoms with van der Waals surface area (Å²) in [5, 5.41) is 0. The first-order chi connectivity index (χ1) is 11.8. The first kappa shape index (κ1) is 14.9. The fourth-order valence-corrected chi connectivity index (χ4v) is 2.59. The normalized spacial score (nSPS) is 15.5. The van der Waals surface area contributed by atoms with Crippen molar-refractivity contribution < 1.29 is 13.9 Å². The topological polar surface area (TPSA) is 72.9 Å². The summed E-state index contributed by atoms with van der Waals surface area (Å²) in [6.07, 6.45) is 3.46. The number of hydrogen-bond donors (Lipinski definition) is 1. The summed E-state index contributed by atoms with van der Waals surface area (Å²) in [7, 11) is 0. The molecule has 0 amide bonds. The van der Waals surface area contributed by atoms with Gasteiger partial charge in [0.05, 0.1) is 30.3 Å². The van der Waals surface area contributed by atoms with Crippen molar-refractivity contribution in [2.75, 3.05) is 13.2 Å². The van der Waals surface area contributed by atoms with Crippen molar-refractivity contribution in [3.63, 3.8) is 0 Å². The summed E-state index contributed by atoms with van der Waals surface area (Å²) in [4.78, 5) is 16.1. The lowest BCUT2D eigenvalue weighted by atomic mass is 10.1. The molecule has 6 nitrogen and oxygen atoms in total. The molecule has 4 rings (SSSR count). The van der Waals surface area contributed by atoms with Gasteiger partial charge in [-0.3, -0.25) is 0 Å². The Morgan fingerprint density at radius 3 is 2.58 bits per heavy atom. The van der Waals surface area contributed by atoms with Crippen LogP contribution in [0.4, 0.5) is 4.39 Å². The third kappa shape index (κ3) is 2.91. The van der Waals surface area contributed by atoms with Gasteiger partial charge < -0.3 is 14.5 Å². The molecule has 1 aliphatic rings. The van der Waals surface area contributed by atoms with Gasteiger partial charge in [-0.25, -0.2) is 19.3 Å². The highest BCUT2D eigenvalue weighted by atomic mass is 19.1. The molecule has 0 unspecified atom stereocenters. The molecule has 2 aromatic heterocycles. The van der Waals surface area contributed by atoms with E-state index in [2.05, 4.69) is 19.9 Å². The number of nitrogens with one attached hydrogen (secondary N) is 1. The van der Waals surface area contributed by atoms with Gasteiger partial charge in [-0.15, -0.1) is 0 Å². The Morgan fingerprint density at radius 2 is 1.88 bits per heavy atom. The van der Waals surface area contributed by atoms with E-state index in [1.165, 1.54) is 18.5 Å². The summed E-state index contributed by atoms with van der Waals surface area (Å²) < 4.78 is 24.5. The second kappa shape index (κ2) is 6.46. The number of nitrogens with zero attached hydrogens (tertiary/aromatic N) is 3. The lowest BCUT2D eigenvalue weighted by Gasteiger charge is -2.21. The van der Waals surface area contributed by atoms with Crippen LogP contribution in [0.25, 0.3) is 22.6 Å². The molecule has 1 saturated heterocycles. The van der Waals surface area contributed by atoms with Crippen LogP contribution < -0.4 is 0 Å². The van der Waals surface area contributed by atoms with Gasteiger partial charge in [0.15, 0.2) is 5.82 Å². The number of ether oxygens (including phenoxy) is 2. The van der Waals surface area contributed by atoms with E-state index in [4.69, 9.17) is 9.47 Å². The van der Waals surface area contributed by atoms with Crippen molar-refractivity contribution in [2.24, 2.45) is 0 Å². The molecule has 0 spiro atoms. The summed E-state index contributed by atoms with van der Waals surface area (Å²) in [6.45, 7) is 1.25. The van der Waals surface area contributed by atoms with Gasteiger partial charge in [-0.2, -0.15) is 0 Å². The molecule has 0 saturated carbocycles. The summed E-state index contributed by atoms with van der Waals surface area (Å²) in [6, 6.07) is 7.96. The number of halogens is 1. The molecule has 1 aromatic carbocycles. The molecule has 122 valence electrons. The highest BCUT2D eigenvalue weighted by Crippen LogP contribution is 2.32. The summed E-state index contributed by atoms with van der Waals surface area (Å²) >= 11 is 0. The zero-order valence-corrected chi connectivity index (χ0v) is 12.8. The van der Waals surface area contributed by atoms with Crippen molar-refractivity contribution in [3.8, 4) is 22.6 Å². The molecule has 0 aliphatic carbocycles. The maximum absolute atomic E-state index is 13.2. The molecule has 1 N–H and O–H groups in total. The van der Waals surface area contributed by atoms with Crippen LogP contribution in [0.5, 0.6) is 0 Å². The number of benzene rings is 1. The molecule has 0 bridgehead atoms. The van der Waals surface area contributed by atoms with Crippen molar-refractivity contribution in [1.82, 2.24) is 19.9 Å². The molecule has 1 aliphatic heterocycles. The van der Waals surface area contributed by atoms with Gasteiger partial charge in [0.2, 0.25) is 6.29 Å². The molecular weight excluding hydrogens is 311 g/mol. The fraction of sp³-hybridized carbons (Fsp3) is 0.235. The van der Waals surface area contributed by atoms with Crippen LogP contribution in [0.2, 0.25) is 0 Å². The van der Waals surface area contributed by atoms with E-state index >= 15 is 0 Å². The quantitative estimate of drug-likeness (QED) is 0.800. The minimum absolute atomic E-state index is 0.294. The Balaban J connectivity index is 1.80. The van der Waals surface area contributed by atoms with Crippen LogP contribution in [0.3, 0.4) is 0 Å². The van der Waals surface area contributed by atoms with Crippen molar-refractivity contribution >= 4 is 0 Å². The van der Waals surface area contributed by atoms with Crippen LogP contribution in [0.15, 0.2) is 42.9 Å². The van der Waals surface area contributed by atoms with E-state index in [-0.39, 0.29) is 5.82 Å². The van der Waals surface area contributed by atoms with E-state index in [1.807, 2.05) is 0 Å². The van der Waals surface area contributed by atoms with E-state index < -0.39 is 6.29 Å². The van der Waals surface area contributed by atoms with Gasteiger partial charge in [0.1, 0.15) is 12.1 Å². The maximum atomic E-state index is 13.2. The molecule has 0 atom stereocenters. The zero-order valence-electron chi connectivity index (χ0n) is 12.8. The van der Waals surface area contributed by atoms with Crippen LogP contribution >= 0.6 is 0 Å². The SMILES string of the molecule is Fc1ccc(-c2nc(C3OCCCO3)[nH]c2-c2ccncn2)cc1. The third-order valence-corrected chi connectivity index (χ3v) is 3.73. The fourth-order valence-electron chi connectivity index (χ4n) is 2.59. The minimum atomic E-state index is -0.534.